The van der Waals surface area contributed by atoms with Crippen molar-refractivity contribution >= 4 is 11.8 Å². The number of aromatic nitrogens is 1. The molecule has 1 atom stereocenters. The topological polar surface area (TPSA) is 54.8 Å². The maximum absolute atomic E-state index is 13.5. The van der Waals surface area contributed by atoms with Gasteiger partial charge in [-0.25, -0.2) is 0 Å². The first-order valence-corrected chi connectivity index (χ1v) is 12.2. The van der Waals surface area contributed by atoms with E-state index < -0.39 is 0 Å². The molecule has 180 valence electrons. The summed E-state index contributed by atoms with van der Waals surface area (Å²) in [6.45, 7) is 9.55. The van der Waals surface area contributed by atoms with Gasteiger partial charge in [0.2, 0.25) is 11.8 Å². The van der Waals surface area contributed by atoms with E-state index >= 15 is 0 Å². The van der Waals surface area contributed by atoms with Crippen molar-refractivity contribution in [2.75, 3.05) is 13.7 Å². The standard InChI is InChI=1S/C27H39N3O3/c1-6-21(4)30(26(31)19-29(20(2)3)27(32)23-11-8-12-23)18-24-13-9-15-28(24)17-22-10-7-14-25(16-22)33-5/h7,9-10,13-16,20-21,23H,6,8,11-12,17-19H2,1-5H3. The van der Waals surface area contributed by atoms with Crippen LogP contribution in [0.15, 0.2) is 42.6 Å². The Morgan fingerprint density at radius 3 is 2.48 bits per heavy atom. The molecule has 6 nitrogen and oxygen atoms in total. The van der Waals surface area contributed by atoms with Crippen molar-refractivity contribution in [2.24, 2.45) is 5.92 Å². The summed E-state index contributed by atoms with van der Waals surface area (Å²) < 4.78 is 7.53. The summed E-state index contributed by atoms with van der Waals surface area (Å²) in [5.41, 5.74) is 2.22. The average Bonchev–Trinajstić information content (AvgIpc) is 3.20. The first kappa shape index (κ1) is 24.9. The molecule has 1 saturated carbocycles. The fraction of sp³-hybridized carbons (Fsp3) is 0.556. The van der Waals surface area contributed by atoms with Crippen molar-refractivity contribution in [3.05, 3.63) is 53.9 Å². The van der Waals surface area contributed by atoms with Gasteiger partial charge in [-0.1, -0.05) is 25.5 Å². The van der Waals surface area contributed by atoms with Gasteiger partial charge in [-0.05, 0) is 69.9 Å². The smallest absolute Gasteiger partial charge is 0.242 e. The minimum atomic E-state index is 0.0118. The van der Waals surface area contributed by atoms with Gasteiger partial charge in [-0.15, -0.1) is 0 Å². The zero-order chi connectivity index (χ0) is 24.0. The lowest BCUT2D eigenvalue weighted by molar-refractivity contribution is -0.147. The van der Waals surface area contributed by atoms with Crippen LogP contribution >= 0.6 is 0 Å². The Hall–Kier alpha value is -2.76. The number of amides is 2. The summed E-state index contributed by atoms with van der Waals surface area (Å²) in [4.78, 5) is 30.1. The molecule has 2 aromatic rings. The maximum atomic E-state index is 13.5. The second-order valence-corrected chi connectivity index (χ2v) is 9.45. The van der Waals surface area contributed by atoms with Gasteiger partial charge in [-0.2, -0.15) is 0 Å². The number of hydrogen-bond donors (Lipinski definition) is 0. The fourth-order valence-electron chi connectivity index (χ4n) is 4.24. The molecule has 0 aliphatic heterocycles. The van der Waals surface area contributed by atoms with E-state index in [0.717, 1.165) is 42.7 Å². The van der Waals surface area contributed by atoms with E-state index in [-0.39, 0.29) is 36.4 Å². The molecule has 2 amide bonds. The third-order valence-electron chi connectivity index (χ3n) is 6.85. The van der Waals surface area contributed by atoms with Gasteiger partial charge in [0.1, 0.15) is 12.3 Å². The predicted molar refractivity (Wildman–Crippen MR) is 131 cm³/mol. The molecule has 1 aromatic carbocycles. The van der Waals surface area contributed by atoms with E-state index in [1.54, 1.807) is 12.0 Å². The van der Waals surface area contributed by atoms with Gasteiger partial charge < -0.3 is 19.1 Å². The highest BCUT2D eigenvalue weighted by molar-refractivity contribution is 5.86. The highest BCUT2D eigenvalue weighted by Crippen LogP contribution is 2.29. The van der Waals surface area contributed by atoms with E-state index in [1.807, 2.05) is 43.0 Å². The van der Waals surface area contributed by atoms with Crippen molar-refractivity contribution in [2.45, 2.75) is 78.6 Å². The first-order chi connectivity index (χ1) is 15.8. The van der Waals surface area contributed by atoms with Crippen LogP contribution in [0.2, 0.25) is 0 Å². The van der Waals surface area contributed by atoms with Crippen molar-refractivity contribution in [3.8, 4) is 5.75 Å². The summed E-state index contributed by atoms with van der Waals surface area (Å²) in [5, 5.41) is 0. The monoisotopic (exact) mass is 453 g/mol. The fourth-order valence-corrected chi connectivity index (χ4v) is 4.24. The van der Waals surface area contributed by atoms with E-state index in [9.17, 15) is 9.59 Å². The van der Waals surface area contributed by atoms with Crippen molar-refractivity contribution < 1.29 is 14.3 Å². The third kappa shape index (κ3) is 6.18. The minimum Gasteiger partial charge on any atom is -0.497 e. The Kier molecular flexibility index (Phi) is 8.59. The van der Waals surface area contributed by atoms with Crippen LogP contribution in [0.3, 0.4) is 0 Å². The predicted octanol–water partition coefficient (Wildman–Crippen LogP) is 4.71. The van der Waals surface area contributed by atoms with Gasteiger partial charge in [-0.3, -0.25) is 9.59 Å². The molecular weight excluding hydrogens is 414 g/mol. The summed E-state index contributed by atoms with van der Waals surface area (Å²) in [6.07, 6.45) is 5.92. The lowest BCUT2D eigenvalue weighted by Gasteiger charge is -2.36. The van der Waals surface area contributed by atoms with Gasteiger partial charge >= 0.3 is 0 Å². The Bertz CT molecular complexity index is 932. The van der Waals surface area contributed by atoms with Gasteiger partial charge in [0.15, 0.2) is 0 Å². The van der Waals surface area contributed by atoms with Gasteiger partial charge in [0.25, 0.3) is 0 Å². The SMILES string of the molecule is CCC(C)N(Cc1cccn1Cc1cccc(OC)c1)C(=O)CN(C(=O)C1CCC1)C(C)C. The number of methoxy groups -OCH3 is 1. The number of nitrogens with zero attached hydrogens (tertiary/aromatic N) is 3. The molecule has 0 radical (unpaired) electrons. The molecule has 1 aliphatic rings. The van der Waals surface area contributed by atoms with Crippen molar-refractivity contribution in [1.29, 1.82) is 0 Å². The number of rotatable bonds is 11. The van der Waals surface area contributed by atoms with Crippen LogP contribution in [0.25, 0.3) is 0 Å². The van der Waals surface area contributed by atoms with Crippen LogP contribution < -0.4 is 4.74 Å². The molecule has 1 aliphatic carbocycles. The second-order valence-electron chi connectivity index (χ2n) is 9.45. The molecule has 33 heavy (non-hydrogen) atoms. The summed E-state index contributed by atoms with van der Waals surface area (Å²) in [7, 11) is 1.67. The minimum absolute atomic E-state index is 0.0118. The quantitative estimate of drug-likeness (QED) is 0.495. The van der Waals surface area contributed by atoms with Gasteiger partial charge in [0, 0.05) is 36.4 Å². The number of benzene rings is 1. The van der Waals surface area contributed by atoms with E-state index in [1.165, 1.54) is 0 Å². The van der Waals surface area contributed by atoms with Crippen LogP contribution in [-0.2, 0) is 22.7 Å². The number of ether oxygens (including phenoxy) is 1. The normalized spacial score (nSPS) is 14.6. The van der Waals surface area contributed by atoms with Crippen LogP contribution in [0.5, 0.6) is 5.75 Å². The summed E-state index contributed by atoms with van der Waals surface area (Å²) >= 11 is 0. The number of hydrogen-bond acceptors (Lipinski definition) is 3. The highest BCUT2D eigenvalue weighted by Gasteiger charge is 2.33. The molecule has 3 rings (SSSR count). The summed E-state index contributed by atoms with van der Waals surface area (Å²) in [6, 6.07) is 12.2. The van der Waals surface area contributed by atoms with Crippen LogP contribution in [0.1, 0.15) is 64.6 Å². The van der Waals surface area contributed by atoms with Gasteiger partial charge in [0.05, 0.1) is 13.7 Å². The molecule has 6 heteroatoms. The molecule has 0 spiro atoms. The van der Waals surface area contributed by atoms with Crippen molar-refractivity contribution in [1.82, 2.24) is 14.4 Å². The van der Waals surface area contributed by atoms with E-state index in [2.05, 4.69) is 36.7 Å². The Balaban J connectivity index is 1.75. The van der Waals surface area contributed by atoms with Crippen molar-refractivity contribution in [3.63, 3.8) is 0 Å². The third-order valence-corrected chi connectivity index (χ3v) is 6.85. The maximum Gasteiger partial charge on any atom is 0.242 e. The molecule has 0 saturated heterocycles. The average molecular weight is 454 g/mol. The highest BCUT2D eigenvalue weighted by atomic mass is 16.5. The van der Waals surface area contributed by atoms with E-state index in [0.29, 0.717) is 13.1 Å². The zero-order valence-electron chi connectivity index (χ0n) is 20.8. The largest absolute Gasteiger partial charge is 0.497 e. The van der Waals surface area contributed by atoms with Crippen LogP contribution in [0, 0.1) is 5.92 Å². The Morgan fingerprint density at radius 2 is 1.88 bits per heavy atom. The molecule has 1 aromatic heterocycles. The first-order valence-electron chi connectivity index (χ1n) is 12.2. The Labute approximate surface area is 198 Å². The molecular formula is C27H39N3O3. The lowest BCUT2D eigenvalue weighted by Crippen LogP contribution is -2.50. The Morgan fingerprint density at radius 1 is 1.12 bits per heavy atom. The van der Waals surface area contributed by atoms with Crippen LogP contribution in [-0.4, -0.2) is 51.9 Å². The summed E-state index contributed by atoms with van der Waals surface area (Å²) in [5.74, 6) is 1.08. The van der Waals surface area contributed by atoms with E-state index in [4.69, 9.17) is 4.74 Å². The van der Waals surface area contributed by atoms with Crippen LogP contribution in [0.4, 0.5) is 0 Å². The number of carbonyl (C=O) groups excluding carboxylic acids is 2. The molecule has 0 bridgehead atoms. The molecule has 1 unspecified atom stereocenters. The lowest BCUT2D eigenvalue weighted by atomic mass is 9.84. The number of carbonyl (C=O) groups is 2. The molecule has 1 fully saturated rings. The zero-order valence-corrected chi connectivity index (χ0v) is 20.8. The second kappa shape index (κ2) is 11.4. The molecule has 0 N–H and O–H groups in total. The molecule has 1 heterocycles.